The van der Waals surface area contributed by atoms with Crippen molar-refractivity contribution in [1.82, 2.24) is 10.2 Å². The minimum absolute atomic E-state index is 0.159. The largest absolute Gasteiger partial charge is 0.450 e. The zero-order valence-electron chi connectivity index (χ0n) is 13.8. The van der Waals surface area contributed by atoms with Gasteiger partial charge < -0.3 is 15.0 Å². The lowest BCUT2D eigenvalue weighted by molar-refractivity contribution is 0.0703. The summed E-state index contributed by atoms with van der Waals surface area (Å²) in [5.74, 6) is 1.87. The first-order valence-electron chi connectivity index (χ1n) is 8.09. The maximum Gasteiger partial charge on any atom is 0.409 e. The zero-order chi connectivity index (χ0) is 15.1. The van der Waals surface area contributed by atoms with Crippen LogP contribution in [0.25, 0.3) is 0 Å². The summed E-state index contributed by atoms with van der Waals surface area (Å²) >= 11 is 0. The lowest BCUT2D eigenvalue weighted by Crippen LogP contribution is -2.52. The van der Waals surface area contributed by atoms with Crippen molar-refractivity contribution in [2.75, 3.05) is 26.2 Å². The van der Waals surface area contributed by atoms with E-state index in [2.05, 4.69) is 33.0 Å². The highest BCUT2D eigenvalue weighted by Gasteiger charge is 2.31. The molecule has 4 nitrogen and oxygen atoms in total. The summed E-state index contributed by atoms with van der Waals surface area (Å²) in [6.45, 7) is 13.9. The van der Waals surface area contributed by atoms with Crippen LogP contribution in [0.1, 0.15) is 47.5 Å². The third kappa shape index (κ3) is 5.70. The molecule has 1 N–H and O–H groups in total. The Labute approximate surface area is 124 Å². The molecule has 0 bridgehead atoms. The molecule has 1 heterocycles. The van der Waals surface area contributed by atoms with E-state index < -0.39 is 0 Å². The zero-order valence-corrected chi connectivity index (χ0v) is 13.8. The van der Waals surface area contributed by atoms with Crippen LogP contribution in [0.5, 0.6) is 0 Å². The normalized spacial score (nSPS) is 23.4. The third-order valence-electron chi connectivity index (χ3n) is 4.11. The summed E-state index contributed by atoms with van der Waals surface area (Å²) < 4.78 is 5.16. The van der Waals surface area contributed by atoms with E-state index in [0.29, 0.717) is 30.4 Å². The van der Waals surface area contributed by atoms with Gasteiger partial charge in [-0.1, -0.05) is 27.7 Å². The Hall–Kier alpha value is -0.770. The molecule has 1 rings (SSSR count). The molecule has 0 aliphatic carbocycles. The molecule has 118 valence electrons. The minimum Gasteiger partial charge on any atom is -0.450 e. The number of nitrogens with zero attached hydrogens (tertiary/aromatic N) is 1. The molecule has 0 aromatic heterocycles. The van der Waals surface area contributed by atoms with Gasteiger partial charge in [0.05, 0.1) is 6.61 Å². The lowest BCUT2D eigenvalue weighted by Gasteiger charge is -2.39. The number of carbonyl (C=O) groups is 1. The Bertz CT molecular complexity index is 292. The second-order valence-electron chi connectivity index (χ2n) is 6.68. The van der Waals surface area contributed by atoms with Crippen LogP contribution in [-0.2, 0) is 4.74 Å². The number of ether oxygens (including phenoxy) is 1. The monoisotopic (exact) mass is 284 g/mol. The maximum absolute atomic E-state index is 12.0. The summed E-state index contributed by atoms with van der Waals surface area (Å²) in [5, 5.41) is 3.62. The second-order valence-corrected chi connectivity index (χ2v) is 6.68. The number of likely N-dealkylation sites (tertiary alicyclic amines) is 1. The number of amides is 1. The molecular weight excluding hydrogens is 252 g/mol. The van der Waals surface area contributed by atoms with E-state index in [4.69, 9.17) is 4.74 Å². The summed E-state index contributed by atoms with van der Waals surface area (Å²) in [7, 11) is 0. The summed E-state index contributed by atoms with van der Waals surface area (Å²) in [6, 6.07) is 0.402. The van der Waals surface area contributed by atoms with Crippen molar-refractivity contribution in [3.05, 3.63) is 0 Å². The van der Waals surface area contributed by atoms with Gasteiger partial charge in [-0.2, -0.15) is 0 Å². The number of carbonyl (C=O) groups excluding carboxylic acids is 1. The summed E-state index contributed by atoms with van der Waals surface area (Å²) in [6.07, 6.45) is 2.18. The van der Waals surface area contributed by atoms with Crippen molar-refractivity contribution in [3.63, 3.8) is 0 Å². The van der Waals surface area contributed by atoms with Gasteiger partial charge in [-0.25, -0.2) is 4.79 Å². The Morgan fingerprint density at radius 3 is 2.55 bits per heavy atom. The van der Waals surface area contributed by atoms with E-state index >= 15 is 0 Å². The van der Waals surface area contributed by atoms with Crippen molar-refractivity contribution in [2.45, 2.75) is 53.5 Å². The molecule has 2 unspecified atom stereocenters. The van der Waals surface area contributed by atoms with Gasteiger partial charge in [-0.05, 0) is 44.1 Å². The Morgan fingerprint density at radius 1 is 1.30 bits per heavy atom. The molecule has 1 amide bonds. The molecule has 4 heteroatoms. The first kappa shape index (κ1) is 17.3. The fourth-order valence-corrected chi connectivity index (χ4v) is 2.71. The molecule has 20 heavy (non-hydrogen) atoms. The number of nitrogens with one attached hydrogen (secondary N) is 1. The van der Waals surface area contributed by atoms with Crippen LogP contribution in [0.4, 0.5) is 4.79 Å². The van der Waals surface area contributed by atoms with Gasteiger partial charge in [0, 0.05) is 19.1 Å². The SMILES string of the molecule is CCOC(=O)N1CC(NCCC(C)C)CC(C(C)C)C1. The van der Waals surface area contributed by atoms with Crippen LogP contribution in [-0.4, -0.2) is 43.3 Å². The van der Waals surface area contributed by atoms with Crippen LogP contribution in [0.2, 0.25) is 0 Å². The molecule has 0 radical (unpaired) electrons. The van der Waals surface area contributed by atoms with Gasteiger partial charge in [-0.15, -0.1) is 0 Å². The fourth-order valence-electron chi connectivity index (χ4n) is 2.71. The van der Waals surface area contributed by atoms with Crippen LogP contribution in [0, 0.1) is 17.8 Å². The van der Waals surface area contributed by atoms with Gasteiger partial charge >= 0.3 is 6.09 Å². The van der Waals surface area contributed by atoms with Crippen molar-refractivity contribution < 1.29 is 9.53 Å². The number of rotatable bonds is 6. The van der Waals surface area contributed by atoms with Gasteiger partial charge in [0.25, 0.3) is 0 Å². The van der Waals surface area contributed by atoms with Crippen LogP contribution >= 0.6 is 0 Å². The van der Waals surface area contributed by atoms with Crippen LogP contribution < -0.4 is 5.32 Å². The van der Waals surface area contributed by atoms with Gasteiger partial charge in [-0.3, -0.25) is 0 Å². The molecular formula is C16H32N2O2. The molecule has 1 aliphatic rings. The second kappa shape index (κ2) is 8.50. The smallest absolute Gasteiger partial charge is 0.409 e. The van der Waals surface area contributed by atoms with E-state index in [9.17, 15) is 4.79 Å². The van der Waals surface area contributed by atoms with E-state index in [1.807, 2.05) is 11.8 Å². The van der Waals surface area contributed by atoms with Crippen LogP contribution in [0.3, 0.4) is 0 Å². The number of hydrogen-bond acceptors (Lipinski definition) is 3. The molecule has 0 spiro atoms. The van der Waals surface area contributed by atoms with Crippen molar-refractivity contribution in [3.8, 4) is 0 Å². The van der Waals surface area contributed by atoms with Crippen molar-refractivity contribution in [1.29, 1.82) is 0 Å². The minimum atomic E-state index is -0.159. The lowest BCUT2D eigenvalue weighted by atomic mass is 9.85. The molecule has 2 atom stereocenters. The van der Waals surface area contributed by atoms with E-state index in [0.717, 1.165) is 26.1 Å². The van der Waals surface area contributed by atoms with Crippen molar-refractivity contribution >= 4 is 6.09 Å². The molecule has 1 fully saturated rings. The molecule has 0 aromatic rings. The number of piperidine rings is 1. The maximum atomic E-state index is 12.0. The van der Waals surface area contributed by atoms with Gasteiger partial charge in [0.1, 0.15) is 0 Å². The summed E-state index contributed by atoms with van der Waals surface area (Å²) in [5.41, 5.74) is 0. The number of hydrogen-bond donors (Lipinski definition) is 1. The quantitative estimate of drug-likeness (QED) is 0.815. The van der Waals surface area contributed by atoms with E-state index in [1.54, 1.807) is 0 Å². The first-order chi connectivity index (χ1) is 9.43. The standard InChI is InChI=1S/C16H32N2O2/c1-6-20-16(19)18-10-14(13(4)5)9-15(11-18)17-8-7-12(2)3/h12-15,17H,6-11H2,1-5H3. The van der Waals surface area contributed by atoms with Crippen molar-refractivity contribution in [2.24, 2.45) is 17.8 Å². The molecule has 1 saturated heterocycles. The molecule has 0 aromatic carbocycles. The summed E-state index contributed by atoms with van der Waals surface area (Å²) in [4.78, 5) is 13.8. The first-order valence-corrected chi connectivity index (χ1v) is 8.09. The average molecular weight is 284 g/mol. The van der Waals surface area contributed by atoms with Crippen LogP contribution in [0.15, 0.2) is 0 Å². The highest BCUT2D eigenvalue weighted by atomic mass is 16.6. The molecule has 0 saturated carbocycles. The van der Waals surface area contributed by atoms with Gasteiger partial charge in [0.15, 0.2) is 0 Å². The highest BCUT2D eigenvalue weighted by molar-refractivity contribution is 5.67. The average Bonchev–Trinajstić information content (AvgIpc) is 2.38. The predicted molar refractivity (Wildman–Crippen MR) is 82.8 cm³/mol. The molecule has 1 aliphatic heterocycles. The predicted octanol–water partition coefficient (Wildman–Crippen LogP) is 3.13. The van der Waals surface area contributed by atoms with Gasteiger partial charge in [0.2, 0.25) is 0 Å². The van der Waals surface area contributed by atoms with E-state index in [-0.39, 0.29) is 6.09 Å². The fraction of sp³-hybridized carbons (Fsp3) is 0.938. The Kier molecular flexibility index (Phi) is 7.35. The Morgan fingerprint density at radius 2 is 2.00 bits per heavy atom. The Balaban J connectivity index is 2.54. The third-order valence-corrected chi connectivity index (χ3v) is 4.11. The highest BCUT2D eigenvalue weighted by Crippen LogP contribution is 2.24. The topological polar surface area (TPSA) is 41.6 Å². The van der Waals surface area contributed by atoms with E-state index in [1.165, 1.54) is 6.42 Å².